The van der Waals surface area contributed by atoms with Crippen molar-refractivity contribution >= 4 is 22.8 Å². The van der Waals surface area contributed by atoms with Crippen LogP contribution in [0, 0.1) is 6.92 Å². The fourth-order valence-electron chi connectivity index (χ4n) is 3.62. The van der Waals surface area contributed by atoms with Gasteiger partial charge in [-0.15, -0.1) is 0 Å². The van der Waals surface area contributed by atoms with Crippen molar-refractivity contribution in [3.63, 3.8) is 0 Å². The highest BCUT2D eigenvalue weighted by Gasteiger charge is 2.17. The van der Waals surface area contributed by atoms with Crippen LogP contribution in [0.5, 0.6) is 0 Å². The number of benzene rings is 2. The number of nitrogen functional groups attached to an aromatic ring is 1. The van der Waals surface area contributed by atoms with E-state index in [2.05, 4.69) is 70.3 Å². The Bertz CT molecular complexity index is 959. The first-order valence-corrected chi connectivity index (χ1v) is 9.86. The number of hydrogen-bond donors (Lipinski definition) is 1. The highest BCUT2D eigenvalue weighted by Crippen LogP contribution is 2.20. The molecule has 3 aromatic rings. The van der Waals surface area contributed by atoms with Gasteiger partial charge in [0.2, 0.25) is 0 Å². The lowest BCUT2D eigenvalue weighted by molar-refractivity contribution is 0.135. The summed E-state index contributed by atoms with van der Waals surface area (Å²) in [6.07, 6.45) is 4.44. The van der Waals surface area contributed by atoms with Gasteiger partial charge in [-0.3, -0.25) is 9.80 Å². The zero-order chi connectivity index (χ0) is 19.3. The SMILES string of the molecule is Cc1ccc2nc(CN3CCN(CC=Cc4ccccc4)CC3)nc(N)c2c1. The summed E-state index contributed by atoms with van der Waals surface area (Å²) < 4.78 is 0. The van der Waals surface area contributed by atoms with E-state index in [0.717, 1.165) is 56.0 Å². The highest BCUT2D eigenvalue weighted by molar-refractivity contribution is 5.88. The minimum atomic E-state index is 0.577. The molecule has 1 aliphatic rings. The first kappa shape index (κ1) is 18.6. The molecule has 0 radical (unpaired) electrons. The third-order valence-electron chi connectivity index (χ3n) is 5.23. The molecule has 28 heavy (non-hydrogen) atoms. The zero-order valence-corrected chi connectivity index (χ0v) is 16.4. The van der Waals surface area contributed by atoms with Crippen molar-refractivity contribution in [3.8, 4) is 0 Å². The molecule has 0 atom stereocenters. The van der Waals surface area contributed by atoms with E-state index in [0.29, 0.717) is 5.82 Å². The molecule has 1 aliphatic heterocycles. The fraction of sp³-hybridized carbons (Fsp3) is 0.304. The van der Waals surface area contributed by atoms with Crippen LogP contribution in [-0.4, -0.2) is 52.5 Å². The van der Waals surface area contributed by atoms with Crippen LogP contribution in [-0.2, 0) is 6.54 Å². The van der Waals surface area contributed by atoms with Gasteiger partial charge in [0.05, 0.1) is 12.1 Å². The minimum Gasteiger partial charge on any atom is -0.383 e. The predicted molar refractivity (Wildman–Crippen MR) is 116 cm³/mol. The van der Waals surface area contributed by atoms with Crippen LogP contribution >= 0.6 is 0 Å². The number of rotatable bonds is 5. The average molecular weight is 374 g/mol. The van der Waals surface area contributed by atoms with Gasteiger partial charge in [0.15, 0.2) is 0 Å². The summed E-state index contributed by atoms with van der Waals surface area (Å²) in [6.45, 7) is 7.95. The molecule has 5 nitrogen and oxygen atoms in total. The summed E-state index contributed by atoms with van der Waals surface area (Å²) in [5.74, 6) is 1.39. The lowest BCUT2D eigenvalue weighted by atomic mass is 10.1. The van der Waals surface area contributed by atoms with E-state index < -0.39 is 0 Å². The molecule has 2 heterocycles. The summed E-state index contributed by atoms with van der Waals surface area (Å²) in [7, 11) is 0. The van der Waals surface area contributed by atoms with Crippen LogP contribution in [0.3, 0.4) is 0 Å². The lowest BCUT2D eigenvalue weighted by Gasteiger charge is -2.33. The largest absolute Gasteiger partial charge is 0.383 e. The number of anilines is 1. The number of fused-ring (bicyclic) bond motifs is 1. The van der Waals surface area contributed by atoms with Gasteiger partial charge >= 0.3 is 0 Å². The first-order valence-electron chi connectivity index (χ1n) is 9.86. The van der Waals surface area contributed by atoms with Gasteiger partial charge in [-0.2, -0.15) is 0 Å². The van der Waals surface area contributed by atoms with E-state index >= 15 is 0 Å². The second kappa shape index (κ2) is 8.50. The second-order valence-corrected chi connectivity index (χ2v) is 7.44. The Kier molecular flexibility index (Phi) is 5.65. The van der Waals surface area contributed by atoms with Gasteiger partial charge in [-0.05, 0) is 24.6 Å². The zero-order valence-electron chi connectivity index (χ0n) is 16.4. The Morgan fingerprint density at radius 3 is 2.50 bits per heavy atom. The number of aromatic nitrogens is 2. The molecule has 0 saturated carbocycles. The highest BCUT2D eigenvalue weighted by atomic mass is 15.3. The van der Waals surface area contributed by atoms with Crippen molar-refractivity contribution < 1.29 is 0 Å². The van der Waals surface area contributed by atoms with Crippen molar-refractivity contribution in [2.45, 2.75) is 13.5 Å². The van der Waals surface area contributed by atoms with Crippen LogP contribution in [0.4, 0.5) is 5.82 Å². The summed E-state index contributed by atoms with van der Waals surface area (Å²) >= 11 is 0. The minimum absolute atomic E-state index is 0.577. The van der Waals surface area contributed by atoms with Crippen molar-refractivity contribution in [2.75, 3.05) is 38.5 Å². The Labute approximate surface area is 166 Å². The Morgan fingerprint density at radius 2 is 1.71 bits per heavy atom. The van der Waals surface area contributed by atoms with Crippen molar-refractivity contribution in [1.29, 1.82) is 0 Å². The summed E-state index contributed by atoms with van der Waals surface area (Å²) in [5.41, 5.74) is 9.53. The maximum absolute atomic E-state index is 6.17. The third kappa shape index (κ3) is 4.55. The normalized spacial score (nSPS) is 16.2. The van der Waals surface area contributed by atoms with E-state index in [1.807, 2.05) is 12.1 Å². The summed E-state index contributed by atoms with van der Waals surface area (Å²) in [6, 6.07) is 16.6. The topological polar surface area (TPSA) is 58.3 Å². The molecule has 0 unspecified atom stereocenters. The maximum atomic E-state index is 6.17. The molecule has 0 amide bonds. The summed E-state index contributed by atoms with van der Waals surface area (Å²) in [4.78, 5) is 14.1. The maximum Gasteiger partial charge on any atom is 0.145 e. The molecule has 1 aromatic heterocycles. The van der Waals surface area contributed by atoms with Crippen molar-refractivity contribution in [2.24, 2.45) is 0 Å². The third-order valence-corrected chi connectivity index (χ3v) is 5.23. The van der Waals surface area contributed by atoms with Gasteiger partial charge in [0.25, 0.3) is 0 Å². The van der Waals surface area contributed by atoms with Gasteiger partial charge in [0.1, 0.15) is 11.6 Å². The van der Waals surface area contributed by atoms with Gasteiger partial charge in [0, 0.05) is 38.1 Å². The smallest absolute Gasteiger partial charge is 0.145 e. The van der Waals surface area contributed by atoms with E-state index in [4.69, 9.17) is 10.7 Å². The van der Waals surface area contributed by atoms with E-state index in [-0.39, 0.29) is 0 Å². The fourth-order valence-corrected chi connectivity index (χ4v) is 3.62. The first-order chi connectivity index (χ1) is 13.7. The van der Waals surface area contributed by atoms with Crippen molar-refractivity contribution in [1.82, 2.24) is 19.8 Å². The monoisotopic (exact) mass is 373 g/mol. The van der Waals surface area contributed by atoms with Crippen LogP contribution in [0.2, 0.25) is 0 Å². The van der Waals surface area contributed by atoms with E-state index in [1.165, 1.54) is 11.1 Å². The van der Waals surface area contributed by atoms with Crippen LogP contribution < -0.4 is 5.73 Å². The van der Waals surface area contributed by atoms with Gasteiger partial charge in [-0.25, -0.2) is 9.97 Å². The molecule has 0 spiro atoms. The summed E-state index contributed by atoms with van der Waals surface area (Å²) in [5, 5.41) is 0.943. The molecule has 1 saturated heterocycles. The Hall–Kier alpha value is -2.76. The molecular weight excluding hydrogens is 346 g/mol. The number of nitrogens with zero attached hydrogens (tertiary/aromatic N) is 4. The van der Waals surface area contributed by atoms with Crippen LogP contribution in [0.25, 0.3) is 17.0 Å². The molecule has 0 bridgehead atoms. The van der Waals surface area contributed by atoms with E-state index in [1.54, 1.807) is 0 Å². The Balaban J connectivity index is 1.31. The molecule has 1 fully saturated rings. The molecule has 4 rings (SSSR count). The predicted octanol–water partition coefficient (Wildman–Crippen LogP) is 3.35. The average Bonchev–Trinajstić information content (AvgIpc) is 2.71. The number of aryl methyl sites for hydroxylation is 1. The quantitative estimate of drug-likeness (QED) is 0.743. The van der Waals surface area contributed by atoms with E-state index in [9.17, 15) is 0 Å². The number of hydrogen-bond acceptors (Lipinski definition) is 5. The molecule has 2 aromatic carbocycles. The molecule has 2 N–H and O–H groups in total. The molecule has 144 valence electrons. The van der Waals surface area contributed by atoms with Crippen molar-refractivity contribution in [3.05, 3.63) is 71.6 Å². The molecule has 0 aliphatic carbocycles. The van der Waals surface area contributed by atoms with Gasteiger partial charge < -0.3 is 5.73 Å². The van der Waals surface area contributed by atoms with Crippen LogP contribution in [0.1, 0.15) is 17.0 Å². The standard InChI is InChI=1S/C23H27N5/c1-18-9-10-21-20(16-18)23(24)26-22(25-21)17-28-14-12-27(13-15-28)11-5-8-19-6-3-2-4-7-19/h2-10,16H,11-15,17H2,1H3,(H2,24,25,26). The molecule has 5 heteroatoms. The molecular formula is C23H27N5. The number of piperazine rings is 1. The van der Waals surface area contributed by atoms with Gasteiger partial charge in [-0.1, -0.05) is 54.1 Å². The Morgan fingerprint density at radius 1 is 0.964 bits per heavy atom. The number of nitrogens with two attached hydrogens (primary N) is 1. The lowest BCUT2D eigenvalue weighted by Crippen LogP contribution is -2.46. The van der Waals surface area contributed by atoms with Crippen LogP contribution in [0.15, 0.2) is 54.6 Å². The second-order valence-electron chi connectivity index (χ2n) is 7.44.